The summed E-state index contributed by atoms with van der Waals surface area (Å²) < 4.78 is 15.7. The number of ether oxygens (including phenoxy) is 3. The predicted molar refractivity (Wildman–Crippen MR) is 85.8 cm³/mol. The minimum atomic E-state index is -0.0799. The number of benzene rings is 2. The van der Waals surface area contributed by atoms with Gasteiger partial charge in [0.2, 0.25) is 6.79 Å². The van der Waals surface area contributed by atoms with E-state index in [1.165, 1.54) is 0 Å². The summed E-state index contributed by atoms with van der Waals surface area (Å²) in [6.45, 7) is 1.33. The first-order valence-corrected chi connectivity index (χ1v) is 7.51. The van der Waals surface area contributed by atoms with Crippen molar-refractivity contribution in [2.45, 2.75) is 13.0 Å². The lowest BCUT2D eigenvalue weighted by Gasteiger charge is -2.07. The standard InChI is InChI=1S/C18H19NO4/c1-21-11-14-3-2-4-15(9-14)18(20)19-8-7-13-5-6-16-17(10-13)23-12-22-16/h2-6,9-10H,7-8,11-12H2,1H3,(H,19,20). The Morgan fingerprint density at radius 1 is 1.13 bits per heavy atom. The first kappa shape index (κ1) is 15.4. The number of hydrogen-bond acceptors (Lipinski definition) is 4. The van der Waals surface area contributed by atoms with Crippen LogP contribution in [0.5, 0.6) is 11.5 Å². The highest BCUT2D eigenvalue weighted by molar-refractivity contribution is 5.94. The molecule has 0 saturated carbocycles. The minimum absolute atomic E-state index is 0.0799. The number of fused-ring (bicyclic) bond motifs is 1. The van der Waals surface area contributed by atoms with Crippen LogP contribution in [0, 0.1) is 0 Å². The molecule has 23 heavy (non-hydrogen) atoms. The van der Waals surface area contributed by atoms with Crippen LogP contribution in [0.15, 0.2) is 42.5 Å². The summed E-state index contributed by atoms with van der Waals surface area (Å²) in [5.41, 5.74) is 2.73. The molecule has 1 aliphatic rings. The number of carbonyl (C=O) groups is 1. The van der Waals surface area contributed by atoms with Crippen LogP contribution >= 0.6 is 0 Å². The summed E-state index contributed by atoms with van der Waals surface area (Å²) in [4.78, 5) is 12.2. The van der Waals surface area contributed by atoms with Gasteiger partial charge in [-0.2, -0.15) is 0 Å². The van der Waals surface area contributed by atoms with Crippen molar-refractivity contribution in [2.24, 2.45) is 0 Å². The molecular formula is C18H19NO4. The van der Waals surface area contributed by atoms with Crippen molar-refractivity contribution in [3.05, 3.63) is 59.2 Å². The second-order valence-corrected chi connectivity index (χ2v) is 5.33. The van der Waals surface area contributed by atoms with E-state index >= 15 is 0 Å². The average molecular weight is 313 g/mol. The smallest absolute Gasteiger partial charge is 0.251 e. The van der Waals surface area contributed by atoms with E-state index in [1.54, 1.807) is 13.2 Å². The van der Waals surface area contributed by atoms with Crippen LogP contribution in [0.2, 0.25) is 0 Å². The molecule has 0 aliphatic carbocycles. The Balaban J connectivity index is 1.54. The lowest BCUT2D eigenvalue weighted by molar-refractivity contribution is 0.0954. The van der Waals surface area contributed by atoms with Crippen molar-refractivity contribution >= 4 is 5.91 Å². The van der Waals surface area contributed by atoms with Gasteiger partial charge in [-0.1, -0.05) is 18.2 Å². The topological polar surface area (TPSA) is 56.8 Å². The van der Waals surface area contributed by atoms with E-state index in [-0.39, 0.29) is 12.7 Å². The van der Waals surface area contributed by atoms with E-state index in [9.17, 15) is 4.79 Å². The molecule has 0 bridgehead atoms. The highest BCUT2D eigenvalue weighted by Crippen LogP contribution is 2.32. The number of hydrogen-bond donors (Lipinski definition) is 1. The van der Waals surface area contributed by atoms with Gasteiger partial charge in [-0.05, 0) is 41.8 Å². The molecule has 1 amide bonds. The summed E-state index contributed by atoms with van der Waals surface area (Å²) in [5, 5.41) is 2.93. The number of nitrogens with one attached hydrogen (secondary N) is 1. The number of rotatable bonds is 6. The van der Waals surface area contributed by atoms with Gasteiger partial charge in [-0.15, -0.1) is 0 Å². The fourth-order valence-electron chi connectivity index (χ4n) is 2.49. The maximum atomic E-state index is 12.2. The zero-order chi connectivity index (χ0) is 16.1. The van der Waals surface area contributed by atoms with E-state index in [0.717, 1.165) is 29.0 Å². The number of methoxy groups -OCH3 is 1. The van der Waals surface area contributed by atoms with Gasteiger partial charge in [0.25, 0.3) is 5.91 Å². The van der Waals surface area contributed by atoms with Gasteiger partial charge in [0.05, 0.1) is 6.61 Å². The van der Waals surface area contributed by atoms with Crippen LogP contribution in [-0.2, 0) is 17.8 Å². The first-order chi connectivity index (χ1) is 11.3. The van der Waals surface area contributed by atoms with Crippen LogP contribution in [0.25, 0.3) is 0 Å². The third-order valence-electron chi connectivity index (χ3n) is 3.64. The monoisotopic (exact) mass is 313 g/mol. The maximum absolute atomic E-state index is 12.2. The van der Waals surface area contributed by atoms with Crippen molar-refractivity contribution in [3.63, 3.8) is 0 Å². The van der Waals surface area contributed by atoms with Crippen molar-refractivity contribution in [2.75, 3.05) is 20.4 Å². The van der Waals surface area contributed by atoms with Gasteiger partial charge in [0.1, 0.15) is 0 Å². The molecule has 0 atom stereocenters. The third-order valence-corrected chi connectivity index (χ3v) is 3.64. The zero-order valence-corrected chi connectivity index (χ0v) is 13.0. The van der Waals surface area contributed by atoms with Gasteiger partial charge in [0.15, 0.2) is 11.5 Å². The highest BCUT2D eigenvalue weighted by Gasteiger charge is 2.13. The molecule has 0 fully saturated rings. The van der Waals surface area contributed by atoms with Gasteiger partial charge in [0, 0.05) is 19.2 Å². The summed E-state index contributed by atoms with van der Waals surface area (Å²) in [5.74, 6) is 1.46. The molecule has 5 nitrogen and oxygen atoms in total. The average Bonchev–Trinajstić information content (AvgIpc) is 3.03. The predicted octanol–water partition coefficient (Wildman–Crippen LogP) is 2.53. The molecule has 120 valence electrons. The Morgan fingerprint density at radius 3 is 2.87 bits per heavy atom. The Labute approximate surface area is 135 Å². The summed E-state index contributed by atoms with van der Waals surface area (Å²) >= 11 is 0. The maximum Gasteiger partial charge on any atom is 0.251 e. The lowest BCUT2D eigenvalue weighted by atomic mass is 10.1. The normalized spacial score (nSPS) is 12.2. The Bertz CT molecular complexity index is 699. The van der Waals surface area contributed by atoms with Gasteiger partial charge < -0.3 is 19.5 Å². The second-order valence-electron chi connectivity index (χ2n) is 5.33. The SMILES string of the molecule is COCc1cccc(C(=O)NCCc2ccc3c(c2)OCO3)c1. The summed E-state index contributed by atoms with van der Waals surface area (Å²) in [7, 11) is 1.64. The van der Waals surface area contributed by atoms with Crippen LogP contribution in [0.4, 0.5) is 0 Å². The first-order valence-electron chi connectivity index (χ1n) is 7.51. The number of amides is 1. The van der Waals surface area contributed by atoms with E-state index in [0.29, 0.717) is 18.7 Å². The minimum Gasteiger partial charge on any atom is -0.454 e. The number of carbonyl (C=O) groups excluding carboxylic acids is 1. The highest BCUT2D eigenvalue weighted by atomic mass is 16.7. The second kappa shape index (κ2) is 7.15. The molecule has 0 unspecified atom stereocenters. The van der Waals surface area contributed by atoms with Crippen molar-refractivity contribution in [1.82, 2.24) is 5.32 Å². The van der Waals surface area contributed by atoms with Crippen LogP contribution in [0.1, 0.15) is 21.5 Å². The molecule has 5 heteroatoms. The Morgan fingerprint density at radius 2 is 2.00 bits per heavy atom. The van der Waals surface area contributed by atoms with E-state index in [1.807, 2.05) is 36.4 Å². The molecular weight excluding hydrogens is 294 g/mol. The van der Waals surface area contributed by atoms with E-state index in [4.69, 9.17) is 14.2 Å². The van der Waals surface area contributed by atoms with E-state index < -0.39 is 0 Å². The lowest BCUT2D eigenvalue weighted by Crippen LogP contribution is -2.25. The largest absolute Gasteiger partial charge is 0.454 e. The van der Waals surface area contributed by atoms with Crippen molar-refractivity contribution < 1.29 is 19.0 Å². The van der Waals surface area contributed by atoms with Gasteiger partial charge in [-0.25, -0.2) is 0 Å². The third kappa shape index (κ3) is 3.81. The fourth-order valence-corrected chi connectivity index (χ4v) is 2.49. The molecule has 1 N–H and O–H groups in total. The Hall–Kier alpha value is -2.53. The molecule has 2 aromatic carbocycles. The Kier molecular flexibility index (Phi) is 4.78. The van der Waals surface area contributed by atoms with Crippen LogP contribution < -0.4 is 14.8 Å². The molecule has 0 spiro atoms. The van der Waals surface area contributed by atoms with Crippen LogP contribution in [-0.4, -0.2) is 26.4 Å². The molecule has 3 rings (SSSR count). The summed E-state index contributed by atoms with van der Waals surface area (Å²) in [6.07, 6.45) is 0.736. The molecule has 0 aromatic heterocycles. The van der Waals surface area contributed by atoms with Gasteiger partial charge >= 0.3 is 0 Å². The van der Waals surface area contributed by atoms with Crippen molar-refractivity contribution in [1.29, 1.82) is 0 Å². The molecule has 0 radical (unpaired) electrons. The summed E-state index contributed by atoms with van der Waals surface area (Å²) in [6, 6.07) is 13.3. The fraction of sp³-hybridized carbons (Fsp3) is 0.278. The van der Waals surface area contributed by atoms with E-state index in [2.05, 4.69) is 5.32 Å². The van der Waals surface area contributed by atoms with Gasteiger partial charge in [-0.3, -0.25) is 4.79 Å². The molecule has 1 heterocycles. The molecule has 1 aliphatic heterocycles. The van der Waals surface area contributed by atoms with Crippen LogP contribution in [0.3, 0.4) is 0 Å². The van der Waals surface area contributed by atoms with Crippen molar-refractivity contribution in [3.8, 4) is 11.5 Å². The molecule has 0 saturated heterocycles. The molecule has 2 aromatic rings. The quantitative estimate of drug-likeness (QED) is 0.890. The zero-order valence-electron chi connectivity index (χ0n) is 13.0.